The third-order valence-corrected chi connectivity index (χ3v) is 12.3. The van der Waals surface area contributed by atoms with Gasteiger partial charge in [-0.05, 0) is 94.2 Å². The van der Waals surface area contributed by atoms with Crippen molar-refractivity contribution in [1.29, 1.82) is 0 Å². The number of carbonyl (C=O) groups excluding carboxylic acids is 2. The van der Waals surface area contributed by atoms with Crippen LogP contribution in [0, 0.1) is 17.6 Å². The molecule has 3 aliphatic heterocycles. The number of nitrogens with zero attached hydrogens (tertiary/aromatic N) is 2. The molecule has 48 heavy (non-hydrogen) atoms. The van der Waals surface area contributed by atoms with Crippen LogP contribution in [0.3, 0.4) is 0 Å². The van der Waals surface area contributed by atoms with E-state index in [0.29, 0.717) is 63.5 Å². The van der Waals surface area contributed by atoms with Crippen molar-refractivity contribution in [2.45, 2.75) is 75.4 Å². The van der Waals surface area contributed by atoms with Gasteiger partial charge >= 0.3 is 6.09 Å². The van der Waals surface area contributed by atoms with Gasteiger partial charge in [-0.15, -0.1) is 0 Å². The molecule has 2 aromatic carbocycles. The number of fused-ring (bicyclic) bond motifs is 2. The summed E-state index contributed by atoms with van der Waals surface area (Å²) in [5.74, 6) is -2.07. The highest BCUT2D eigenvalue weighted by Gasteiger charge is 2.40. The largest absolute Gasteiger partial charge is 0.453 e. The maximum atomic E-state index is 15.5. The fourth-order valence-corrected chi connectivity index (χ4v) is 9.19. The fraction of sp³-hybridized carbons (Fsp3) is 0.588. The number of piperazine rings is 1. The van der Waals surface area contributed by atoms with Crippen molar-refractivity contribution in [2.24, 2.45) is 5.92 Å². The van der Waals surface area contributed by atoms with E-state index in [9.17, 15) is 22.4 Å². The number of benzene rings is 2. The molecule has 2 aromatic rings. The zero-order chi connectivity index (χ0) is 34.4. The lowest BCUT2D eigenvalue weighted by molar-refractivity contribution is -0.118. The number of likely N-dealkylation sites (N-methyl/N-ethyl adjacent to an activating group) is 1. The van der Waals surface area contributed by atoms with Crippen LogP contribution in [0.15, 0.2) is 36.4 Å². The smallest absolute Gasteiger partial charge is 0.407 e. The second-order valence-corrected chi connectivity index (χ2v) is 15.5. The van der Waals surface area contributed by atoms with Crippen LogP contribution in [0.5, 0.6) is 0 Å². The number of anilines is 1. The molecule has 0 radical (unpaired) electrons. The minimum Gasteiger partial charge on any atom is -0.453 e. The number of alkyl carbamates (subject to hydrolysis) is 1. The zero-order valence-corrected chi connectivity index (χ0v) is 29.0. The van der Waals surface area contributed by atoms with Crippen molar-refractivity contribution in [3.63, 3.8) is 0 Å². The summed E-state index contributed by atoms with van der Waals surface area (Å²) < 4.78 is 68.3. The highest BCUT2D eigenvalue weighted by atomic mass is 35.5. The second kappa shape index (κ2) is 16.2. The Labute approximate surface area is 286 Å². The number of carbonyl (C=O) groups is 2. The van der Waals surface area contributed by atoms with Gasteiger partial charge in [0.05, 0.1) is 17.9 Å². The van der Waals surface area contributed by atoms with E-state index >= 15 is 4.39 Å². The van der Waals surface area contributed by atoms with Gasteiger partial charge in [0.2, 0.25) is 15.9 Å². The van der Waals surface area contributed by atoms with Crippen LogP contribution in [0.1, 0.15) is 62.0 Å². The summed E-state index contributed by atoms with van der Waals surface area (Å²) in [6.07, 6.45) is 3.92. The van der Waals surface area contributed by atoms with Crippen LogP contribution in [-0.2, 0) is 30.7 Å². The van der Waals surface area contributed by atoms with Gasteiger partial charge in [-0.2, -0.15) is 4.31 Å². The number of methoxy groups -OCH3 is 1. The lowest BCUT2D eigenvalue weighted by atomic mass is 9.82. The normalized spacial score (nSPS) is 24.2. The summed E-state index contributed by atoms with van der Waals surface area (Å²) in [4.78, 5) is 28.9. The third-order valence-electron chi connectivity index (χ3n) is 10.1. The van der Waals surface area contributed by atoms with Crippen LogP contribution in [0.2, 0.25) is 5.02 Å². The Morgan fingerprint density at radius 1 is 1.08 bits per heavy atom. The molecule has 3 aliphatic rings. The van der Waals surface area contributed by atoms with E-state index in [1.54, 1.807) is 16.4 Å². The van der Waals surface area contributed by atoms with Crippen LogP contribution in [0.4, 0.5) is 19.3 Å². The van der Waals surface area contributed by atoms with Gasteiger partial charge in [-0.1, -0.05) is 23.7 Å². The minimum atomic E-state index is -3.44. The lowest BCUT2D eigenvalue weighted by Crippen LogP contribution is -2.57. The Morgan fingerprint density at radius 2 is 1.85 bits per heavy atom. The summed E-state index contributed by atoms with van der Waals surface area (Å²) in [5.41, 5.74) is 0.914. The van der Waals surface area contributed by atoms with E-state index in [2.05, 4.69) is 15.5 Å². The molecule has 5 unspecified atom stereocenters. The van der Waals surface area contributed by atoms with Gasteiger partial charge in [0, 0.05) is 55.6 Å². The average molecular weight is 711 g/mol. The molecule has 10 nitrogen and oxygen atoms in total. The van der Waals surface area contributed by atoms with E-state index in [4.69, 9.17) is 21.1 Å². The first-order chi connectivity index (χ1) is 23.0. The standard InChI is InChI=1S/C34H45ClF2N4O6S/c1-40-20-25(41-21-24(40)5-4-18-48(41,44)45)10-12-27-29(36)6-3-7-31(27)38-33(42)32(39-34(43)46-2)26(11-8-22-14-16-47-17-15-22)23-9-13-28(35)30(37)19-23/h3,6-7,9,13,19,22,24-26,32H,4-5,8,10-12,14-18,20-21H2,1-2H3,(H,38,42)(H,39,43). The van der Waals surface area contributed by atoms with Gasteiger partial charge in [0.25, 0.3) is 0 Å². The first kappa shape index (κ1) is 36.4. The molecule has 0 aromatic heterocycles. The minimum absolute atomic E-state index is 0.0686. The van der Waals surface area contributed by atoms with Crippen molar-refractivity contribution in [3.05, 3.63) is 64.2 Å². The summed E-state index contributed by atoms with van der Waals surface area (Å²) in [5, 5.41) is 5.40. The Kier molecular flexibility index (Phi) is 12.3. The van der Waals surface area contributed by atoms with Crippen molar-refractivity contribution in [3.8, 4) is 0 Å². The quantitative estimate of drug-likeness (QED) is 0.325. The molecular weight excluding hydrogens is 666 g/mol. The number of rotatable bonds is 11. The number of hydrogen-bond acceptors (Lipinski definition) is 7. The SMILES string of the molecule is COC(=O)NC(C(=O)Nc1cccc(F)c1CCC1CN(C)C2CCCS(=O)(=O)N1C2)C(CCC1CCOCC1)c1ccc(Cl)c(F)c1. The number of sulfonamides is 1. The predicted molar refractivity (Wildman–Crippen MR) is 180 cm³/mol. The Morgan fingerprint density at radius 3 is 2.58 bits per heavy atom. The Bertz CT molecular complexity index is 1560. The van der Waals surface area contributed by atoms with Crippen molar-refractivity contribution in [1.82, 2.24) is 14.5 Å². The second-order valence-electron chi connectivity index (χ2n) is 13.1. The van der Waals surface area contributed by atoms with Crippen LogP contribution < -0.4 is 10.6 Å². The van der Waals surface area contributed by atoms with Crippen molar-refractivity contribution in [2.75, 3.05) is 51.5 Å². The van der Waals surface area contributed by atoms with Gasteiger partial charge in [-0.25, -0.2) is 22.0 Å². The summed E-state index contributed by atoms with van der Waals surface area (Å²) in [6.45, 7) is 2.21. The molecule has 2 bridgehead atoms. The number of ether oxygens (including phenoxy) is 2. The highest BCUT2D eigenvalue weighted by molar-refractivity contribution is 7.89. The topological polar surface area (TPSA) is 117 Å². The highest BCUT2D eigenvalue weighted by Crippen LogP contribution is 2.34. The molecule has 0 saturated carbocycles. The van der Waals surface area contributed by atoms with E-state index in [1.807, 2.05) is 7.05 Å². The van der Waals surface area contributed by atoms with Crippen LogP contribution in [-0.4, -0.2) is 94.0 Å². The number of amides is 2. The Balaban J connectivity index is 1.40. The maximum absolute atomic E-state index is 15.5. The average Bonchev–Trinajstić information content (AvgIpc) is 3.20. The van der Waals surface area contributed by atoms with Crippen LogP contribution >= 0.6 is 11.6 Å². The number of nitrogens with one attached hydrogen (secondary N) is 2. The molecule has 14 heteroatoms. The van der Waals surface area contributed by atoms with Gasteiger partial charge in [0.15, 0.2) is 0 Å². The lowest BCUT2D eigenvalue weighted by Gasteiger charge is -2.42. The first-order valence-electron chi connectivity index (χ1n) is 16.6. The predicted octanol–water partition coefficient (Wildman–Crippen LogP) is 5.31. The third kappa shape index (κ3) is 8.84. The monoisotopic (exact) mass is 710 g/mol. The molecule has 3 fully saturated rings. The molecule has 3 heterocycles. The molecule has 3 saturated heterocycles. The summed E-state index contributed by atoms with van der Waals surface area (Å²) in [7, 11) is -0.268. The zero-order valence-electron chi connectivity index (χ0n) is 27.4. The van der Waals surface area contributed by atoms with Gasteiger partial charge < -0.3 is 25.0 Å². The van der Waals surface area contributed by atoms with Gasteiger partial charge in [0.1, 0.15) is 17.7 Å². The molecular formula is C34H45ClF2N4O6S. The first-order valence-corrected chi connectivity index (χ1v) is 18.6. The molecule has 0 spiro atoms. The maximum Gasteiger partial charge on any atom is 0.407 e. The summed E-state index contributed by atoms with van der Waals surface area (Å²) in [6, 6.07) is 7.27. The van der Waals surface area contributed by atoms with Gasteiger partial charge in [-0.3, -0.25) is 4.79 Å². The van der Waals surface area contributed by atoms with E-state index in [0.717, 1.165) is 19.3 Å². The fourth-order valence-electron chi connectivity index (χ4n) is 7.28. The van der Waals surface area contributed by atoms with E-state index < -0.39 is 45.6 Å². The van der Waals surface area contributed by atoms with Crippen LogP contribution in [0.25, 0.3) is 0 Å². The molecule has 5 atom stereocenters. The Hall–Kier alpha value is -2.84. The number of halogens is 3. The molecule has 0 aliphatic carbocycles. The molecule has 2 N–H and O–H groups in total. The van der Waals surface area contributed by atoms with Crippen molar-refractivity contribution < 1.29 is 36.3 Å². The summed E-state index contributed by atoms with van der Waals surface area (Å²) >= 11 is 5.99. The molecule has 2 amide bonds. The van der Waals surface area contributed by atoms with E-state index in [-0.39, 0.29) is 40.5 Å². The van der Waals surface area contributed by atoms with E-state index in [1.165, 1.54) is 31.4 Å². The molecule has 264 valence electrons. The number of hydrogen-bond donors (Lipinski definition) is 2. The van der Waals surface area contributed by atoms with Crippen molar-refractivity contribution >= 4 is 39.3 Å². The molecule has 5 rings (SSSR count).